The standard InChI is InChI=1S/C76H58N4O.Pt/c1-76(2,3)56-41-42-77-72(46-56)80-69-37-16-15-31-64(69)65-40-39-59(48-71(65)80)81-58-28-17-27-57(47-58)78-49-79-74-61(55-44-53(50-21-7-4-8-22-50)43-54(45-55)51-23-9-5-10-24-51)33-19-36-68(74)73-60(52-25-11-6-12-26-52)32-18-34-66(73)62-29-13-14-30-63(62)67-35-20-38-70(78)75(67)79;/h4-5,7-10,13-24,27-46,52H,6,11-12,25-26H2,1-3H3;/q-2;/i52D;. The Hall–Kier alpha value is -8.89. The van der Waals surface area contributed by atoms with Gasteiger partial charge in [0.1, 0.15) is 5.82 Å². The molecule has 0 amide bonds. The number of para-hydroxylation sites is 3. The summed E-state index contributed by atoms with van der Waals surface area (Å²) in [5.74, 6) is 1.19. The van der Waals surface area contributed by atoms with Crippen molar-refractivity contribution in [1.29, 1.82) is 0 Å². The van der Waals surface area contributed by atoms with Crippen LogP contribution in [0.3, 0.4) is 0 Å². The van der Waals surface area contributed by atoms with Gasteiger partial charge < -0.3 is 13.9 Å². The number of imidazole rings is 1. The van der Waals surface area contributed by atoms with Crippen molar-refractivity contribution in [2.75, 3.05) is 0 Å². The quantitative estimate of drug-likeness (QED) is 0.112. The summed E-state index contributed by atoms with van der Waals surface area (Å²) >= 11 is 0. The monoisotopic (exact) mass is 1240 g/mol. The van der Waals surface area contributed by atoms with Crippen molar-refractivity contribution in [2.45, 2.75) is 64.2 Å². The third-order valence-corrected chi connectivity index (χ3v) is 16.7. The van der Waals surface area contributed by atoms with E-state index in [1.165, 1.54) is 5.56 Å². The first-order chi connectivity index (χ1) is 40.1. The van der Waals surface area contributed by atoms with E-state index in [1.807, 2.05) is 24.4 Å². The van der Waals surface area contributed by atoms with Gasteiger partial charge in [-0.25, -0.2) is 4.98 Å². The maximum absolute atomic E-state index is 10.4. The second-order valence-electron chi connectivity index (χ2n) is 22.7. The van der Waals surface area contributed by atoms with Crippen LogP contribution in [-0.4, -0.2) is 14.1 Å². The zero-order chi connectivity index (χ0) is 55.1. The van der Waals surface area contributed by atoms with Gasteiger partial charge in [-0.2, -0.15) is 18.2 Å². The van der Waals surface area contributed by atoms with E-state index in [1.54, 1.807) is 0 Å². The van der Waals surface area contributed by atoms with Crippen LogP contribution < -0.4 is 9.30 Å². The Bertz CT molecular complexity index is 4580. The minimum atomic E-state index is -0.766. The number of rotatable bonds is 8. The molecule has 0 atom stereocenters. The molecule has 15 rings (SSSR count). The number of ether oxygens (including phenoxy) is 1. The molecule has 10 aromatic carbocycles. The molecule has 2 aliphatic rings. The molecule has 6 heteroatoms. The van der Waals surface area contributed by atoms with Gasteiger partial charge in [-0.15, -0.1) is 29.7 Å². The molecule has 0 unspecified atom stereocenters. The Labute approximate surface area is 495 Å². The molecule has 0 radical (unpaired) electrons. The van der Waals surface area contributed by atoms with Crippen LogP contribution in [0.5, 0.6) is 11.5 Å². The molecular formula is C76H58N4OPt-2. The average molecular weight is 1240 g/mol. The van der Waals surface area contributed by atoms with Gasteiger partial charge in [0.05, 0.1) is 16.7 Å². The fraction of sp³-hybridized carbons (Fsp3) is 0.132. The van der Waals surface area contributed by atoms with Crippen molar-refractivity contribution in [2.24, 2.45) is 0 Å². The SMILES string of the molecule is [2H]C1(c2cccc3c2-c2cccc(-c4cc(-c5ccccc5)cc(-c5ccccc5)c4)c2-[n+]2[c-]n(-c4[c-]c(Oc5[c-]c6c(cc5)c5ccccc5n6-c5cc(C(C)(C)C)ccn5)ccc4)c4cccc(c42)-c2ccccc2-3)CCCCC1.[Pt]. The first-order valence-electron chi connectivity index (χ1n) is 28.9. The second kappa shape index (κ2) is 20.9. The normalized spacial score (nSPS) is 13.7. The molecule has 5 nitrogen and oxygen atoms in total. The Morgan fingerprint density at radius 3 is 1.90 bits per heavy atom. The number of fused-ring (bicyclic) bond motifs is 10. The summed E-state index contributed by atoms with van der Waals surface area (Å²) in [6.07, 6.45) is 10.8. The molecule has 1 fully saturated rings. The second-order valence-corrected chi connectivity index (χ2v) is 22.7. The van der Waals surface area contributed by atoms with Crippen molar-refractivity contribution < 1.29 is 31.7 Å². The maximum atomic E-state index is 10.4. The zero-order valence-corrected chi connectivity index (χ0v) is 48.3. The molecule has 0 saturated heterocycles. The molecule has 3 aromatic heterocycles. The summed E-state index contributed by atoms with van der Waals surface area (Å²) in [5.41, 5.74) is 21.2. The van der Waals surface area contributed by atoms with Gasteiger partial charge in [0.25, 0.3) is 6.33 Å². The number of benzene rings is 10. The minimum Gasteiger partial charge on any atom is -0.510 e. The number of hydrogen-bond donors (Lipinski definition) is 0. The third kappa shape index (κ3) is 8.91. The minimum absolute atomic E-state index is 0. The van der Waals surface area contributed by atoms with E-state index >= 15 is 0 Å². The summed E-state index contributed by atoms with van der Waals surface area (Å²) in [7, 11) is 0. The number of nitrogens with zero attached hydrogens (tertiary/aromatic N) is 4. The van der Waals surface area contributed by atoms with E-state index in [0.717, 1.165) is 154 Å². The first-order valence-corrected chi connectivity index (χ1v) is 28.4. The average Bonchev–Trinajstić information content (AvgIpc) is 4.32. The predicted molar refractivity (Wildman–Crippen MR) is 331 cm³/mol. The van der Waals surface area contributed by atoms with E-state index in [2.05, 4.69) is 259 Å². The molecule has 1 aliphatic carbocycles. The van der Waals surface area contributed by atoms with Gasteiger partial charge in [0.15, 0.2) is 0 Å². The van der Waals surface area contributed by atoms with E-state index in [9.17, 15) is 1.37 Å². The summed E-state index contributed by atoms with van der Waals surface area (Å²) < 4.78 is 23.9. The molecule has 4 heterocycles. The summed E-state index contributed by atoms with van der Waals surface area (Å²) in [6, 6.07) is 87.7. The van der Waals surface area contributed by atoms with Crippen LogP contribution in [0.25, 0.3) is 117 Å². The Morgan fingerprint density at radius 1 is 0.524 bits per heavy atom. The summed E-state index contributed by atoms with van der Waals surface area (Å²) in [6.45, 7) is 6.69. The fourth-order valence-electron chi connectivity index (χ4n) is 12.8. The van der Waals surface area contributed by atoms with Gasteiger partial charge in [-0.05, 0) is 150 Å². The Balaban J connectivity index is 0.00000614. The van der Waals surface area contributed by atoms with Gasteiger partial charge in [0.2, 0.25) is 0 Å². The van der Waals surface area contributed by atoms with Crippen LogP contribution >= 0.6 is 0 Å². The molecule has 82 heavy (non-hydrogen) atoms. The van der Waals surface area contributed by atoms with Gasteiger partial charge in [-0.1, -0.05) is 203 Å². The maximum Gasteiger partial charge on any atom is 0.268 e. The largest absolute Gasteiger partial charge is 0.510 e. The van der Waals surface area contributed by atoms with Crippen LogP contribution in [0.4, 0.5) is 0 Å². The van der Waals surface area contributed by atoms with Crippen molar-refractivity contribution >= 4 is 32.8 Å². The van der Waals surface area contributed by atoms with Crippen LogP contribution in [0, 0.1) is 18.5 Å². The van der Waals surface area contributed by atoms with Crippen LogP contribution in [0.2, 0.25) is 0 Å². The van der Waals surface area contributed by atoms with Crippen molar-refractivity contribution in [3.8, 4) is 95.5 Å². The topological polar surface area (TPSA) is 35.9 Å². The molecule has 1 aliphatic heterocycles. The Morgan fingerprint density at radius 2 is 1.13 bits per heavy atom. The van der Waals surface area contributed by atoms with E-state index < -0.39 is 5.89 Å². The fourth-order valence-corrected chi connectivity index (χ4v) is 12.8. The van der Waals surface area contributed by atoms with E-state index in [0.29, 0.717) is 11.5 Å². The molecule has 0 spiro atoms. The smallest absolute Gasteiger partial charge is 0.268 e. The summed E-state index contributed by atoms with van der Waals surface area (Å²) in [5, 5.41) is 2.20. The van der Waals surface area contributed by atoms with Crippen LogP contribution in [-0.2, 0) is 26.5 Å². The van der Waals surface area contributed by atoms with Gasteiger partial charge >= 0.3 is 0 Å². The van der Waals surface area contributed by atoms with Gasteiger partial charge in [-0.3, -0.25) is 4.57 Å². The third-order valence-electron chi connectivity index (χ3n) is 16.7. The van der Waals surface area contributed by atoms with Crippen molar-refractivity contribution in [3.63, 3.8) is 0 Å². The van der Waals surface area contributed by atoms with Crippen LogP contribution in [0.1, 0.15) is 71.3 Å². The summed E-state index contributed by atoms with van der Waals surface area (Å²) in [4.78, 5) is 4.92. The molecular weight excluding hydrogens is 1180 g/mol. The molecule has 0 N–H and O–H groups in total. The Kier molecular flexibility index (Phi) is 12.8. The predicted octanol–water partition coefficient (Wildman–Crippen LogP) is 19.3. The number of hydrogen-bond acceptors (Lipinski definition) is 2. The molecule has 1 saturated carbocycles. The van der Waals surface area contributed by atoms with Gasteiger partial charge in [0, 0.05) is 45.6 Å². The molecule has 13 aromatic rings. The molecule has 0 bridgehead atoms. The van der Waals surface area contributed by atoms with Crippen molar-refractivity contribution in [3.05, 3.63) is 260 Å². The zero-order valence-electron chi connectivity index (χ0n) is 47.0. The number of pyridine rings is 1. The first kappa shape index (κ1) is 50.1. The van der Waals surface area contributed by atoms with E-state index in [4.69, 9.17) is 9.72 Å². The van der Waals surface area contributed by atoms with Crippen molar-refractivity contribution in [1.82, 2.24) is 14.1 Å². The van der Waals surface area contributed by atoms with E-state index in [-0.39, 0.29) is 26.5 Å². The number of aromatic nitrogens is 4. The van der Waals surface area contributed by atoms with Crippen LogP contribution in [0.15, 0.2) is 231 Å². The molecule has 400 valence electrons.